The van der Waals surface area contributed by atoms with Crippen molar-refractivity contribution in [3.8, 4) is 11.5 Å². The fourth-order valence-electron chi connectivity index (χ4n) is 2.25. The van der Waals surface area contributed by atoms with Crippen LogP contribution in [0.4, 0.5) is 35.1 Å². The summed E-state index contributed by atoms with van der Waals surface area (Å²) in [4.78, 5) is -1.76. The first kappa shape index (κ1) is 25.5. The van der Waals surface area contributed by atoms with Gasteiger partial charge in [0.05, 0.1) is 4.90 Å². The predicted octanol–water partition coefficient (Wildman–Crippen LogP) is 6.86. The maximum Gasteiger partial charge on any atom is 0.428 e. The first-order chi connectivity index (χ1) is 13.9. The van der Waals surface area contributed by atoms with E-state index in [1.165, 1.54) is 6.07 Å². The standard InChI is InChI=1S/C17H11ClF8O3S2/c1-8-3-4-13(9(2)5-8)29-10-6-11(19)14(12(20)7-10)30-16(23,24)15(21,22)17(25,26)31(18,27)28/h3-7H,1-2H3. The number of aryl methyl sites for hydroxylation is 2. The molecule has 0 unspecified atom stereocenters. The Morgan fingerprint density at radius 1 is 0.935 bits per heavy atom. The van der Waals surface area contributed by atoms with Crippen molar-refractivity contribution in [2.75, 3.05) is 0 Å². The summed E-state index contributed by atoms with van der Waals surface area (Å²) in [6.45, 7) is 3.37. The molecule has 0 spiro atoms. The Hall–Kier alpha value is -1.73. The highest BCUT2D eigenvalue weighted by molar-refractivity contribution is 8.14. The third kappa shape index (κ3) is 4.87. The molecule has 31 heavy (non-hydrogen) atoms. The van der Waals surface area contributed by atoms with Crippen molar-refractivity contribution in [1.29, 1.82) is 0 Å². The van der Waals surface area contributed by atoms with Crippen molar-refractivity contribution in [1.82, 2.24) is 0 Å². The van der Waals surface area contributed by atoms with E-state index in [1.807, 2.05) is 0 Å². The third-order valence-corrected chi connectivity index (χ3v) is 6.35. The molecule has 0 fully saturated rings. The second-order valence-electron chi connectivity index (χ2n) is 6.23. The lowest BCUT2D eigenvalue weighted by atomic mass is 10.1. The molecule has 0 aliphatic rings. The van der Waals surface area contributed by atoms with E-state index >= 15 is 0 Å². The van der Waals surface area contributed by atoms with Gasteiger partial charge in [0.1, 0.15) is 23.1 Å². The number of alkyl halides is 6. The van der Waals surface area contributed by atoms with Gasteiger partial charge in [0.15, 0.2) is 0 Å². The summed E-state index contributed by atoms with van der Waals surface area (Å²) in [6, 6.07) is 5.46. The third-order valence-electron chi connectivity index (χ3n) is 3.80. The molecule has 0 saturated carbocycles. The van der Waals surface area contributed by atoms with E-state index in [4.69, 9.17) is 4.74 Å². The van der Waals surface area contributed by atoms with Gasteiger partial charge in [-0.3, -0.25) is 0 Å². The fraction of sp³-hybridized carbons (Fsp3) is 0.294. The van der Waals surface area contributed by atoms with E-state index in [-0.39, 0.29) is 5.75 Å². The Morgan fingerprint density at radius 3 is 1.90 bits per heavy atom. The zero-order chi connectivity index (χ0) is 24.0. The van der Waals surface area contributed by atoms with Crippen LogP contribution in [-0.2, 0) is 9.05 Å². The van der Waals surface area contributed by atoms with Gasteiger partial charge in [-0.25, -0.2) is 17.2 Å². The minimum absolute atomic E-state index is 0.147. The predicted molar refractivity (Wildman–Crippen MR) is 97.8 cm³/mol. The van der Waals surface area contributed by atoms with E-state index in [2.05, 4.69) is 10.7 Å². The molecule has 0 N–H and O–H groups in total. The number of benzene rings is 2. The van der Waals surface area contributed by atoms with Gasteiger partial charge in [-0.2, -0.15) is 26.3 Å². The lowest BCUT2D eigenvalue weighted by molar-refractivity contribution is -0.239. The van der Waals surface area contributed by atoms with E-state index in [1.54, 1.807) is 26.0 Å². The van der Waals surface area contributed by atoms with Crippen LogP contribution in [0.25, 0.3) is 0 Å². The topological polar surface area (TPSA) is 43.4 Å². The second kappa shape index (κ2) is 8.32. The van der Waals surface area contributed by atoms with Crippen molar-refractivity contribution < 1.29 is 48.3 Å². The van der Waals surface area contributed by atoms with Crippen LogP contribution in [0.1, 0.15) is 11.1 Å². The molecular weight excluding hydrogens is 504 g/mol. The molecular formula is C17H11ClF8O3S2. The van der Waals surface area contributed by atoms with Gasteiger partial charge >= 0.3 is 25.5 Å². The van der Waals surface area contributed by atoms with Crippen LogP contribution in [-0.4, -0.2) is 24.8 Å². The normalized spacial score (nSPS) is 13.4. The molecule has 0 atom stereocenters. The van der Waals surface area contributed by atoms with Crippen LogP contribution >= 0.6 is 22.4 Å². The van der Waals surface area contributed by atoms with Crippen molar-refractivity contribution in [2.45, 2.75) is 35.2 Å². The molecule has 2 aromatic carbocycles. The van der Waals surface area contributed by atoms with Gasteiger partial charge in [0, 0.05) is 22.8 Å². The summed E-state index contributed by atoms with van der Waals surface area (Å²) in [6.07, 6.45) is 0. The lowest BCUT2D eigenvalue weighted by Crippen LogP contribution is -2.55. The number of hydrogen-bond donors (Lipinski definition) is 0. The molecule has 2 rings (SSSR count). The summed E-state index contributed by atoms with van der Waals surface area (Å²) in [5, 5.41) is -12.4. The molecule has 3 nitrogen and oxygen atoms in total. The van der Waals surface area contributed by atoms with Crippen LogP contribution in [0.3, 0.4) is 0 Å². The lowest BCUT2D eigenvalue weighted by Gasteiger charge is -2.30. The molecule has 0 heterocycles. The van der Waals surface area contributed by atoms with E-state index in [0.29, 0.717) is 17.7 Å². The maximum absolute atomic E-state index is 14.2. The van der Waals surface area contributed by atoms with Gasteiger partial charge in [0.25, 0.3) is 0 Å². The highest BCUT2D eigenvalue weighted by Gasteiger charge is 2.77. The average Bonchev–Trinajstić information content (AvgIpc) is 2.59. The molecule has 0 aliphatic carbocycles. The van der Waals surface area contributed by atoms with Crippen LogP contribution in [0.2, 0.25) is 0 Å². The minimum atomic E-state index is -6.61. The molecule has 0 aliphatic heterocycles. The molecule has 172 valence electrons. The van der Waals surface area contributed by atoms with Gasteiger partial charge in [-0.05, 0) is 37.2 Å². The average molecular weight is 515 g/mol. The van der Waals surface area contributed by atoms with E-state index in [0.717, 1.165) is 5.56 Å². The quantitative estimate of drug-likeness (QED) is 0.230. The zero-order valence-corrected chi connectivity index (χ0v) is 17.7. The Bertz CT molecular complexity index is 1080. The number of ether oxygens (including phenoxy) is 1. The van der Waals surface area contributed by atoms with Crippen molar-refractivity contribution in [3.05, 3.63) is 53.1 Å². The summed E-state index contributed by atoms with van der Waals surface area (Å²) in [5.74, 6) is -10.7. The van der Waals surface area contributed by atoms with Crippen molar-refractivity contribution in [2.24, 2.45) is 0 Å². The summed E-state index contributed by atoms with van der Waals surface area (Å²) < 4.78 is 136. The smallest absolute Gasteiger partial charge is 0.428 e. The van der Waals surface area contributed by atoms with Crippen LogP contribution in [0.5, 0.6) is 11.5 Å². The molecule has 2 aromatic rings. The number of thioether (sulfide) groups is 1. The number of rotatable bonds is 7. The summed E-state index contributed by atoms with van der Waals surface area (Å²) >= 11 is -1.62. The summed E-state index contributed by atoms with van der Waals surface area (Å²) in [5.41, 5.74) is 1.39. The second-order valence-corrected chi connectivity index (χ2v) is 9.97. The van der Waals surface area contributed by atoms with Crippen molar-refractivity contribution in [3.63, 3.8) is 0 Å². The Labute approximate surface area is 179 Å². The van der Waals surface area contributed by atoms with Gasteiger partial charge in [0.2, 0.25) is 0 Å². The zero-order valence-electron chi connectivity index (χ0n) is 15.3. The number of halogens is 9. The van der Waals surface area contributed by atoms with Crippen LogP contribution < -0.4 is 4.74 Å². The Kier molecular flexibility index (Phi) is 6.85. The van der Waals surface area contributed by atoms with Crippen molar-refractivity contribution >= 4 is 31.5 Å². The first-order valence-electron chi connectivity index (χ1n) is 7.91. The van der Waals surface area contributed by atoms with E-state index < -0.39 is 59.5 Å². The molecule has 0 saturated heterocycles. The minimum Gasteiger partial charge on any atom is -0.457 e. The monoisotopic (exact) mass is 514 g/mol. The highest BCUT2D eigenvalue weighted by atomic mass is 35.7. The largest absolute Gasteiger partial charge is 0.457 e. The number of hydrogen-bond acceptors (Lipinski definition) is 4. The maximum atomic E-state index is 14.2. The van der Waals surface area contributed by atoms with E-state index in [9.17, 15) is 43.5 Å². The SMILES string of the molecule is Cc1ccc(Oc2cc(F)c(SC(F)(F)C(F)(F)C(F)(F)S(=O)(=O)Cl)c(F)c2)c(C)c1. The molecule has 14 heteroatoms. The van der Waals surface area contributed by atoms with Gasteiger partial charge in [-0.15, -0.1) is 0 Å². The molecule has 0 bridgehead atoms. The summed E-state index contributed by atoms with van der Waals surface area (Å²) in [7, 11) is -2.38. The van der Waals surface area contributed by atoms with Crippen LogP contribution in [0.15, 0.2) is 35.2 Å². The Balaban J connectivity index is 2.39. The fourth-order valence-corrected chi connectivity index (χ4v) is 3.86. The highest BCUT2D eigenvalue weighted by Crippen LogP contribution is 2.56. The molecule has 0 radical (unpaired) electrons. The Morgan fingerprint density at radius 2 is 1.45 bits per heavy atom. The molecule has 0 amide bonds. The van der Waals surface area contributed by atoms with Gasteiger partial charge < -0.3 is 4.74 Å². The first-order valence-corrected chi connectivity index (χ1v) is 11.0. The van der Waals surface area contributed by atoms with Crippen LogP contribution in [0, 0.1) is 25.5 Å². The molecule has 0 aromatic heterocycles. The van der Waals surface area contributed by atoms with Gasteiger partial charge in [-0.1, -0.05) is 17.7 Å².